The van der Waals surface area contributed by atoms with Gasteiger partial charge in [-0.2, -0.15) is 0 Å². The molecule has 4 nitrogen and oxygen atoms in total. The summed E-state index contributed by atoms with van der Waals surface area (Å²) in [5.74, 6) is 2.32. The summed E-state index contributed by atoms with van der Waals surface area (Å²) in [4.78, 5) is 0. The Morgan fingerprint density at radius 2 is 1.71 bits per heavy atom. The van der Waals surface area contributed by atoms with E-state index in [1.54, 1.807) is 14.2 Å². The number of anilines is 1. The van der Waals surface area contributed by atoms with Crippen LogP contribution < -0.4 is 19.5 Å². The van der Waals surface area contributed by atoms with Crippen molar-refractivity contribution in [2.75, 3.05) is 26.1 Å². The van der Waals surface area contributed by atoms with Crippen LogP contribution in [0, 0.1) is 0 Å². The van der Waals surface area contributed by atoms with E-state index in [0.29, 0.717) is 6.54 Å². The molecule has 2 aromatic rings. The van der Waals surface area contributed by atoms with Crippen LogP contribution in [0.1, 0.15) is 6.92 Å². The highest BCUT2D eigenvalue weighted by Gasteiger charge is 2.08. The lowest BCUT2D eigenvalue weighted by molar-refractivity contribution is 0.223. The van der Waals surface area contributed by atoms with Crippen molar-refractivity contribution >= 4 is 5.69 Å². The van der Waals surface area contributed by atoms with Crippen molar-refractivity contribution in [3.8, 4) is 17.2 Å². The number of hydrogen-bond donors (Lipinski definition) is 1. The first kappa shape index (κ1) is 15.0. The smallest absolute Gasteiger partial charge is 0.161 e. The van der Waals surface area contributed by atoms with Crippen LogP contribution in [0.3, 0.4) is 0 Å². The van der Waals surface area contributed by atoms with E-state index in [2.05, 4.69) is 5.32 Å². The average Bonchev–Trinajstić information content (AvgIpc) is 2.53. The fourth-order valence-corrected chi connectivity index (χ4v) is 1.97. The third-order valence-electron chi connectivity index (χ3n) is 3.06. The highest BCUT2D eigenvalue weighted by Crippen LogP contribution is 2.26. The maximum absolute atomic E-state index is 5.90. The Balaban J connectivity index is 1.91. The Kier molecular flexibility index (Phi) is 5.32. The molecule has 0 aromatic heterocycles. The van der Waals surface area contributed by atoms with E-state index < -0.39 is 0 Å². The molecule has 0 spiro atoms. The second-order valence-electron chi connectivity index (χ2n) is 4.69. The fourth-order valence-electron chi connectivity index (χ4n) is 1.97. The largest absolute Gasteiger partial charge is 0.497 e. The summed E-state index contributed by atoms with van der Waals surface area (Å²) in [5, 5.41) is 3.33. The van der Waals surface area contributed by atoms with Gasteiger partial charge in [0.25, 0.3) is 0 Å². The Hall–Kier alpha value is -2.36. The summed E-state index contributed by atoms with van der Waals surface area (Å²) in [6.07, 6.45) is 0.00695. The van der Waals surface area contributed by atoms with Crippen LogP contribution in [0.25, 0.3) is 0 Å². The SMILES string of the molecule is COc1cccc(NCC(C)Oc2ccccc2OC)c1. The average molecular weight is 287 g/mol. The van der Waals surface area contributed by atoms with Gasteiger partial charge in [-0.1, -0.05) is 18.2 Å². The van der Waals surface area contributed by atoms with Crippen LogP contribution >= 0.6 is 0 Å². The number of ether oxygens (including phenoxy) is 3. The van der Waals surface area contributed by atoms with Gasteiger partial charge in [0.05, 0.1) is 20.8 Å². The first-order valence-electron chi connectivity index (χ1n) is 6.90. The normalized spacial score (nSPS) is 11.6. The Morgan fingerprint density at radius 1 is 0.952 bits per heavy atom. The zero-order chi connectivity index (χ0) is 15.1. The third-order valence-corrected chi connectivity index (χ3v) is 3.06. The van der Waals surface area contributed by atoms with Crippen molar-refractivity contribution in [1.82, 2.24) is 0 Å². The lowest BCUT2D eigenvalue weighted by Crippen LogP contribution is -2.22. The lowest BCUT2D eigenvalue weighted by atomic mass is 10.3. The molecule has 0 aliphatic carbocycles. The molecule has 0 heterocycles. The van der Waals surface area contributed by atoms with Gasteiger partial charge in [-0.15, -0.1) is 0 Å². The van der Waals surface area contributed by atoms with Crippen molar-refractivity contribution in [1.29, 1.82) is 0 Å². The molecule has 21 heavy (non-hydrogen) atoms. The molecule has 0 aliphatic heterocycles. The van der Waals surface area contributed by atoms with E-state index in [4.69, 9.17) is 14.2 Å². The topological polar surface area (TPSA) is 39.7 Å². The zero-order valence-electron chi connectivity index (χ0n) is 12.6. The van der Waals surface area contributed by atoms with Crippen molar-refractivity contribution in [3.05, 3.63) is 48.5 Å². The fraction of sp³-hybridized carbons (Fsp3) is 0.294. The van der Waals surface area contributed by atoms with E-state index in [0.717, 1.165) is 22.9 Å². The summed E-state index contributed by atoms with van der Waals surface area (Å²) in [6.45, 7) is 2.70. The second kappa shape index (κ2) is 7.43. The molecule has 2 rings (SSSR count). The molecule has 0 saturated heterocycles. The first-order chi connectivity index (χ1) is 10.2. The van der Waals surface area contributed by atoms with Gasteiger partial charge in [0.15, 0.2) is 11.5 Å². The minimum Gasteiger partial charge on any atom is -0.497 e. The van der Waals surface area contributed by atoms with Crippen LogP contribution in [0.2, 0.25) is 0 Å². The van der Waals surface area contributed by atoms with Crippen molar-refractivity contribution in [2.45, 2.75) is 13.0 Å². The van der Waals surface area contributed by atoms with Crippen molar-refractivity contribution in [3.63, 3.8) is 0 Å². The molecule has 1 atom stereocenters. The number of nitrogens with one attached hydrogen (secondary N) is 1. The Morgan fingerprint density at radius 3 is 2.43 bits per heavy atom. The predicted molar refractivity (Wildman–Crippen MR) is 84.6 cm³/mol. The molecule has 1 unspecified atom stereocenters. The zero-order valence-corrected chi connectivity index (χ0v) is 12.6. The second-order valence-corrected chi connectivity index (χ2v) is 4.69. The molecule has 112 valence electrons. The molecule has 0 saturated carbocycles. The van der Waals surface area contributed by atoms with Gasteiger partial charge in [-0.3, -0.25) is 0 Å². The van der Waals surface area contributed by atoms with Crippen LogP contribution in [-0.2, 0) is 0 Å². The Bertz CT molecular complexity index is 571. The van der Waals surface area contributed by atoms with E-state index in [9.17, 15) is 0 Å². The summed E-state index contributed by atoms with van der Waals surface area (Å²) in [7, 11) is 3.30. The predicted octanol–water partition coefficient (Wildman–Crippen LogP) is 3.58. The van der Waals surface area contributed by atoms with E-state index in [1.165, 1.54) is 0 Å². The molecule has 0 amide bonds. The summed E-state index contributed by atoms with van der Waals surface area (Å²) in [6, 6.07) is 15.5. The highest BCUT2D eigenvalue weighted by atomic mass is 16.5. The number of para-hydroxylation sites is 2. The van der Waals surface area contributed by atoms with Crippen molar-refractivity contribution in [2.24, 2.45) is 0 Å². The lowest BCUT2D eigenvalue weighted by Gasteiger charge is -2.18. The van der Waals surface area contributed by atoms with Gasteiger partial charge in [-0.25, -0.2) is 0 Å². The molecule has 2 aromatic carbocycles. The maximum Gasteiger partial charge on any atom is 0.161 e. The molecule has 0 radical (unpaired) electrons. The molecule has 0 fully saturated rings. The minimum absolute atomic E-state index is 0.00695. The van der Waals surface area contributed by atoms with Crippen LogP contribution in [0.4, 0.5) is 5.69 Å². The van der Waals surface area contributed by atoms with Gasteiger partial charge in [-0.05, 0) is 31.2 Å². The number of hydrogen-bond acceptors (Lipinski definition) is 4. The summed E-state index contributed by atoms with van der Waals surface area (Å²) >= 11 is 0. The van der Waals surface area contributed by atoms with Gasteiger partial charge in [0.2, 0.25) is 0 Å². The van der Waals surface area contributed by atoms with E-state index >= 15 is 0 Å². The van der Waals surface area contributed by atoms with Gasteiger partial charge >= 0.3 is 0 Å². The quantitative estimate of drug-likeness (QED) is 0.845. The maximum atomic E-state index is 5.90. The molecule has 0 bridgehead atoms. The number of methoxy groups -OCH3 is 2. The molecular weight excluding hydrogens is 266 g/mol. The summed E-state index contributed by atoms with van der Waals surface area (Å²) < 4.78 is 16.4. The highest BCUT2D eigenvalue weighted by molar-refractivity contribution is 5.48. The van der Waals surface area contributed by atoms with E-state index in [1.807, 2.05) is 55.5 Å². The monoisotopic (exact) mass is 287 g/mol. The van der Waals surface area contributed by atoms with Gasteiger partial charge in [0.1, 0.15) is 11.9 Å². The first-order valence-corrected chi connectivity index (χ1v) is 6.90. The number of benzene rings is 2. The molecule has 1 N–H and O–H groups in total. The van der Waals surface area contributed by atoms with Gasteiger partial charge in [0, 0.05) is 11.8 Å². The van der Waals surface area contributed by atoms with Crippen molar-refractivity contribution < 1.29 is 14.2 Å². The molecular formula is C17H21NO3. The number of rotatable bonds is 7. The van der Waals surface area contributed by atoms with Crippen LogP contribution in [0.15, 0.2) is 48.5 Å². The molecule has 0 aliphatic rings. The van der Waals surface area contributed by atoms with Gasteiger partial charge < -0.3 is 19.5 Å². The minimum atomic E-state index is 0.00695. The Labute approximate surface area is 125 Å². The third kappa shape index (κ3) is 4.31. The van der Waals surface area contributed by atoms with Crippen LogP contribution in [0.5, 0.6) is 17.2 Å². The summed E-state index contributed by atoms with van der Waals surface area (Å²) in [5.41, 5.74) is 1.00. The standard InChI is InChI=1S/C17H21NO3/c1-13(21-17-10-5-4-9-16(17)20-3)12-18-14-7-6-8-15(11-14)19-2/h4-11,13,18H,12H2,1-3H3. The van der Waals surface area contributed by atoms with Crippen LogP contribution in [-0.4, -0.2) is 26.9 Å². The molecule has 4 heteroatoms. The van der Waals surface area contributed by atoms with E-state index in [-0.39, 0.29) is 6.10 Å².